The summed E-state index contributed by atoms with van der Waals surface area (Å²) in [6.07, 6.45) is 1.77. The molecule has 6 aromatic carbocycles. The lowest BCUT2D eigenvalue weighted by molar-refractivity contribution is 0.624. The van der Waals surface area contributed by atoms with Crippen molar-refractivity contribution in [1.29, 1.82) is 0 Å². The fourth-order valence-corrected chi connectivity index (χ4v) is 8.80. The van der Waals surface area contributed by atoms with E-state index in [9.17, 15) is 0 Å². The predicted octanol–water partition coefficient (Wildman–Crippen LogP) is 12.6. The Labute approximate surface area is 290 Å². The molecule has 0 atom stereocenters. The van der Waals surface area contributed by atoms with Crippen LogP contribution in [0, 0.1) is 0 Å². The summed E-state index contributed by atoms with van der Waals surface area (Å²) in [4.78, 5) is 6.27. The second-order valence-corrected chi connectivity index (χ2v) is 13.8. The van der Waals surface area contributed by atoms with Crippen LogP contribution in [0.15, 0.2) is 168 Å². The van der Waals surface area contributed by atoms with Gasteiger partial charge in [-0.05, 0) is 83.9 Å². The predicted molar refractivity (Wildman–Crippen MR) is 209 cm³/mol. The lowest BCUT2D eigenvalue weighted by atomic mass is 10.00. The molecule has 5 aromatic heterocycles. The minimum atomic E-state index is 0.894. The first-order valence-corrected chi connectivity index (χ1v) is 17.6. The molecular weight excluding hydrogens is 631 g/mol. The molecular formula is C45H27N3OS. The number of hydrogen-bond donors (Lipinski definition) is 0. The molecule has 0 fully saturated rings. The number of rotatable bonds is 4. The maximum atomic E-state index is 5.68. The van der Waals surface area contributed by atoms with Crippen molar-refractivity contribution in [2.75, 3.05) is 0 Å². The van der Waals surface area contributed by atoms with Crippen molar-refractivity contribution in [1.82, 2.24) is 14.1 Å². The quantitative estimate of drug-likeness (QED) is 0.189. The van der Waals surface area contributed by atoms with E-state index >= 15 is 0 Å². The zero-order valence-electron chi connectivity index (χ0n) is 26.7. The lowest BCUT2D eigenvalue weighted by Crippen LogP contribution is -1.99. The number of hydrogen-bond acceptors (Lipinski definition) is 3. The highest BCUT2D eigenvalue weighted by molar-refractivity contribution is 7.25. The van der Waals surface area contributed by atoms with Gasteiger partial charge in [0.15, 0.2) is 4.90 Å². The van der Waals surface area contributed by atoms with Crippen LogP contribution in [0.4, 0.5) is 0 Å². The summed E-state index contributed by atoms with van der Waals surface area (Å²) < 4.78 is 11.6. The Hall–Kier alpha value is -6.43. The van der Waals surface area contributed by atoms with E-state index in [0.717, 1.165) is 44.3 Å². The van der Waals surface area contributed by atoms with Crippen LogP contribution < -0.4 is 0 Å². The van der Waals surface area contributed by atoms with Crippen molar-refractivity contribution in [2.24, 2.45) is 0 Å². The summed E-state index contributed by atoms with van der Waals surface area (Å²) >= 11 is 1.69. The SMILES string of the molecule is c1cc(-c2ccc3sc4occc4c3c2)cc(-c2cccc(-n3c4ccccc4c4cc(-n5c6ccccc6c6ccccc65)ccc43)n2)c1. The van der Waals surface area contributed by atoms with Gasteiger partial charge in [0.05, 0.1) is 34.0 Å². The van der Waals surface area contributed by atoms with Crippen LogP contribution in [0.25, 0.3) is 97.9 Å². The third kappa shape index (κ3) is 4.01. The number of benzene rings is 6. The van der Waals surface area contributed by atoms with Gasteiger partial charge >= 0.3 is 0 Å². The van der Waals surface area contributed by atoms with E-state index in [0.29, 0.717) is 0 Å². The van der Waals surface area contributed by atoms with Gasteiger partial charge in [0.2, 0.25) is 0 Å². The number of pyridine rings is 1. The highest BCUT2D eigenvalue weighted by atomic mass is 32.1. The third-order valence-corrected chi connectivity index (χ3v) is 11.1. The molecule has 0 saturated heterocycles. The summed E-state index contributed by atoms with van der Waals surface area (Å²) in [6.45, 7) is 0. The Kier molecular flexibility index (Phi) is 5.80. The van der Waals surface area contributed by atoms with E-state index in [1.165, 1.54) is 53.6 Å². The smallest absolute Gasteiger partial charge is 0.188 e. The number of thiophene rings is 1. The molecule has 0 aliphatic rings. The molecule has 0 aliphatic carbocycles. The minimum Gasteiger partial charge on any atom is -0.454 e. The normalized spacial score (nSPS) is 12.0. The van der Waals surface area contributed by atoms with E-state index in [2.05, 4.69) is 167 Å². The highest BCUT2D eigenvalue weighted by Crippen LogP contribution is 2.39. The summed E-state index contributed by atoms with van der Waals surface area (Å²) in [5.41, 5.74) is 10.2. The molecule has 0 saturated carbocycles. The van der Waals surface area contributed by atoms with Crippen molar-refractivity contribution in [3.63, 3.8) is 0 Å². The average Bonchev–Trinajstić information content (AvgIpc) is 3.94. The molecule has 11 aromatic rings. The minimum absolute atomic E-state index is 0.894. The lowest BCUT2D eigenvalue weighted by Gasteiger charge is -2.11. The van der Waals surface area contributed by atoms with Crippen LogP contribution in [0.1, 0.15) is 0 Å². The van der Waals surface area contributed by atoms with Crippen LogP contribution in [0.3, 0.4) is 0 Å². The molecule has 11 rings (SSSR count). The van der Waals surface area contributed by atoms with Gasteiger partial charge in [0.25, 0.3) is 0 Å². The molecule has 5 heteroatoms. The van der Waals surface area contributed by atoms with Gasteiger partial charge in [-0.15, -0.1) is 0 Å². The van der Waals surface area contributed by atoms with Crippen LogP contribution in [0.5, 0.6) is 0 Å². The van der Waals surface area contributed by atoms with Crippen molar-refractivity contribution in [2.45, 2.75) is 0 Å². The number of nitrogens with zero attached hydrogens (tertiary/aromatic N) is 3. The van der Waals surface area contributed by atoms with Crippen molar-refractivity contribution in [3.05, 3.63) is 164 Å². The summed E-state index contributed by atoms with van der Waals surface area (Å²) in [5, 5.41) is 7.33. The van der Waals surface area contributed by atoms with Gasteiger partial charge < -0.3 is 8.98 Å². The molecule has 234 valence electrons. The summed E-state index contributed by atoms with van der Waals surface area (Å²) in [7, 11) is 0. The maximum Gasteiger partial charge on any atom is 0.188 e. The van der Waals surface area contributed by atoms with Crippen molar-refractivity contribution >= 4 is 75.3 Å². The zero-order valence-corrected chi connectivity index (χ0v) is 27.6. The van der Waals surface area contributed by atoms with Gasteiger partial charge in [-0.25, -0.2) is 4.98 Å². The Morgan fingerprint density at radius 2 is 1.10 bits per heavy atom. The highest BCUT2D eigenvalue weighted by Gasteiger charge is 2.17. The van der Waals surface area contributed by atoms with E-state index < -0.39 is 0 Å². The molecule has 0 unspecified atom stereocenters. The Morgan fingerprint density at radius 1 is 0.440 bits per heavy atom. The van der Waals surface area contributed by atoms with Crippen molar-refractivity contribution in [3.8, 4) is 33.9 Å². The Morgan fingerprint density at radius 3 is 1.90 bits per heavy atom. The van der Waals surface area contributed by atoms with Crippen LogP contribution >= 0.6 is 11.3 Å². The zero-order chi connectivity index (χ0) is 32.8. The van der Waals surface area contributed by atoms with Crippen molar-refractivity contribution < 1.29 is 4.42 Å². The Bertz CT molecular complexity index is 3070. The monoisotopic (exact) mass is 657 g/mol. The molecule has 4 nitrogen and oxygen atoms in total. The average molecular weight is 658 g/mol. The topological polar surface area (TPSA) is 35.9 Å². The standard InChI is InChI=1S/C45H27N3OS/c1-4-15-39-32(11-1)33-12-2-5-16-40(33)47(39)31-20-21-42-36(27-31)34-13-3-6-17-41(34)48(42)44-18-8-14-38(46-44)30-10-7-9-28(25-30)29-19-22-43-37(26-29)35-23-24-49-45(35)50-43/h1-27H. The van der Waals surface area contributed by atoms with Gasteiger partial charge in [-0.3, -0.25) is 4.57 Å². The molecule has 0 bridgehead atoms. The first kappa shape index (κ1) is 27.5. The molecule has 0 radical (unpaired) electrons. The number of furan rings is 1. The van der Waals surface area contributed by atoms with Crippen LogP contribution in [0.2, 0.25) is 0 Å². The van der Waals surface area contributed by atoms with Gasteiger partial charge in [-0.1, -0.05) is 96.3 Å². The second-order valence-electron chi connectivity index (χ2n) is 12.8. The van der Waals surface area contributed by atoms with Crippen LogP contribution in [-0.4, -0.2) is 14.1 Å². The number of fused-ring (bicyclic) bond motifs is 9. The first-order chi connectivity index (χ1) is 24.8. The second kappa shape index (κ2) is 10.5. The third-order valence-electron chi connectivity index (χ3n) is 10.1. The summed E-state index contributed by atoms with van der Waals surface area (Å²) in [6, 6.07) is 56.6. The number of para-hydroxylation sites is 3. The van der Waals surface area contributed by atoms with E-state index in [4.69, 9.17) is 9.40 Å². The molecule has 0 spiro atoms. The fraction of sp³-hybridized carbons (Fsp3) is 0. The molecule has 0 amide bonds. The van der Waals surface area contributed by atoms with Crippen LogP contribution in [-0.2, 0) is 0 Å². The van der Waals surface area contributed by atoms with E-state index in [-0.39, 0.29) is 0 Å². The molecule has 5 heterocycles. The number of aromatic nitrogens is 3. The van der Waals surface area contributed by atoms with E-state index in [1.54, 1.807) is 17.6 Å². The first-order valence-electron chi connectivity index (χ1n) is 16.8. The largest absolute Gasteiger partial charge is 0.454 e. The van der Waals surface area contributed by atoms with Gasteiger partial charge in [0, 0.05) is 48.3 Å². The molecule has 0 N–H and O–H groups in total. The van der Waals surface area contributed by atoms with Gasteiger partial charge in [0.1, 0.15) is 5.82 Å². The van der Waals surface area contributed by atoms with Gasteiger partial charge in [-0.2, -0.15) is 0 Å². The fourth-order valence-electron chi connectivity index (χ4n) is 7.80. The summed E-state index contributed by atoms with van der Waals surface area (Å²) in [5.74, 6) is 0.894. The maximum absolute atomic E-state index is 5.68. The van der Waals surface area contributed by atoms with E-state index in [1.807, 2.05) is 0 Å². The molecule has 0 aliphatic heterocycles. The Balaban J connectivity index is 1.05. The molecule has 50 heavy (non-hydrogen) atoms.